The fourth-order valence-electron chi connectivity index (χ4n) is 5.31. The normalized spacial score (nSPS) is 20.6. The van der Waals surface area contributed by atoms with Gasteiger partial charge in [-0.15, -0.1) is 0 Å². The lowest BCUT2D eigenvalue weighted by atomic mass is 9.95. The molecule has 0 saturated carbocycles. The highest BCUT2D eigenvalue weighted by molar-refractivity contribution is 6.34. The number of aryl methyl sites for hydroxylation is 1. The Labute approximate surface area is 199 Å². The molecular weight excluding hydrogens is 435 g/mol. The summed E-state index contributed by atoms with van der Waals surface area (Å²) in [6, 6.07) is 4.25. The van der Waals surface area contributed by atoms with Crippen LogP contribution in [0.5, 0.6) is 0 Å². The Kier molecular flexibility index (Phi) is 6.27. The first kappa shape index (κ1) is 22.8. The zero-order chi connectivity index (χ0) is 23.8. The summed E-state index contributed by atoms with van der Waals surface area (Å²) in [6.07, 6.45) is 3.73. The maximum Gasteiger partial charge on any atom is 0.256 e. The van der Waals surface area contributed by atoms with Crippen molar-refractivity contribution in [3.8, 4) is 0 Å². The fraction of sp³-hybridized carbons (Fsp3) is 0.462. The number of nitrogens with one attached hydrogen (secondary N) is 2. The summed E-state index contributed by atoms with van der Waals surface area (Å²) in [6.45, 7) is 9.97. The molecule has 1 aromatic heterocycles. The number of carbonyl (C=O) groups excluding carboxylic acids is 2. The number of hydrogen-bond acceptors (Lipinski definition) is 4. The van der Waals surface area contributed by atoms with Crippen molar-refractivity contribution in [1.82, 2.24) is 14.8 Å². The van der Waals surface area contributed by atoms with Crippen LogP contribution in [-0.2, 0) is 9.53 Å². The van der Waals surface area contributed by atoms with Crippen LogP contribution in [0.2, 0.25) is 0 Å². The van der Waals surface area contributed by atoms with Gasteiger partial charge in [-0.3, -0.25) is 14.5 Å². The van der Waals surface area contributed by atoms with E-state index in [2.05, 4.69) is 15.2 Å². The number of aromatic amines is 1. The molecule has 5 rings (SSSR count). The molecule has 2 saturated heterocycles. The van der Waals surface area contributed by atoms with Gasteiger partial charge in [0.2, 0.25) is 0 Å². The van der Waals surface area contributed by atoms with Crippen molar-refractivity contribution in [3.63, 3.8) is 0 Å². The molecular formula is C26H31FN4O3. The largest absolute Gasteiger partial charge is 0.379 e. The average molecular weight is 467 g/mol. The van der Waals surface area contributed by atoms with E-state index in [1.54, 1.807) is 12.1 Å². The van der Waals surface area contributed by atoms with Crippen LogP contribution in [0.25, 0.3) is 11.6 Å². The van der Waals surface area contributed by atoms with E-state index < -0.39 is 5.82 Å². The Hall–Kier alpha value is -2.97. The molecule has 0 radical (unpaired) electrons. The van der Waals surface area contributed by atoms with Gasteiger partial charge in [0.1, 0.15) is 5.82 Å². The van der Waals surface area contributed by atoms with Crippen molar-refractivity contribution in [2.24, 2.45) is 5.92 Å². The number of morpholine rings is 1. The van der Waals surface area contributed by atoms with E-state index in [1.165, 1.54) is 12.1 Å². The first-order valence-electron chi connectivity index (χ1n) is 12.0. The molecule has 3 aliphatic rings. The number of fused-ring (bicyclic) bond motifs is 1. The lowest BCUT2D eigenvalue weighted by Crippen LogP contribution is -2.44. The summed E-state index contributed by atoms with van der Waals surface area (Å²) in [5.41, 5.74) is 4.47. The fourth-order valence-corrected chi connectivity index (χ4v) is 5.31. The second-order valence-electron chi connectivity index (χ2n) is 9.51. The predicted octanol–water partition coefficient (Wildman–Crippen LogP) is 3.45. The average Bonchev–Trinajstić information content (AvgIpc) is 3.29. The first-order valence-corrected chi connectivity index (χ1v) is 12.0. The quantitative estimate of drug-likeness (QED) is 0.677. The van der Waals surface area contributed by atoms with Crippen LogP contribution in [0.3, 0.4) is 0 Å². The van der Waals surface area contributed by atoms with Crippen LogP contribution >= 0.6 is 0 Å². The lowest BCUT2D eigenvalue weighted by molar-refractivity contribution is -0.110. The highest BCUT2D eigenvalue weighted by atomic mass is 19.1. The summed E-state index contributed by atoms with van der Waals surface area (Å²) in [7, 11) is 0. The zero-order valence-corrected chi connectivity index (χ0v) is 19.7. The van der Waals surface area contributed by atoms with Gasteiger partial charge >= 0.3 is 0 Å². The molecule has 180 valence electrons. The number of halogens is 1. The number of amides is 2. The van der Waals surface area contributed by atoms with Crippen molar-refractivity contribution in [1.29, 1.82) is 0 Å². The number of H-pyrrole nitrogens is 1. The number of nitrogens with zero attached hydrogens (tertiary/aromatic N) is 2. The minimum Gasteiger partial charge on any atom is -0.379 e. The van der Waals surface area contributed by atoms with Crippen molar-refractivity contribution in [3.05, 3.63) is 52.1 Å². The van der Waals surface area contributed by atoms with E-state index >= 15 is 0 Å². The number of benzene rings is 1. The van der Waals surface area contributed by atoms with Crippen LogP contribution < -0.4 is 5.32 Å². The number of likely N-dealkylation sites (tertiary alicyclic amines) is 1. The molecule has 0 bridgehead atoms. The van der Waals surface area contributed by atoms with E-state index in [9.17, 15) is 14.0 Å². The van der Waals surface area contributed by atoms with Crippen molar-refractivity contribution < 1.29 is 18.7 Å². The number of rotatable bonds is 4. The van der Waals surface area contributed by atoms with E-state index in [-0.39, 0.29) is 11.8 Å². The van der Waals surface area contributed by atoms with E-state index in [1.807, 2.05) is 18.7 Å². The SMILES string of the molecule is Cc1[nH]c(C=C2C(=O)Nc3ccc(F)cc32)c(C)c1C(=O)N1CCC(CN2CCOCC2)CC1. The van der Waals surface area contributed by atoms with E-state index in [4.69, 9.17) is 4.74 Å². The first-order chi connectivity index (χ1) is 16.4. The summed E-state index contributed by atoms with van der Waals surface area (Å²) < 4.78 is 19.2. The number of aromatic nitrogens is 1. The Morgan fingerprint density at radius 1 is 1.18 bits per heavy atom. The van der Waals surface area contributed by atoms with Crippen molar-refractivity contribution >= 4 is 29.2 Å². The summed E-state index contributed by atoms with van der Waals surface area (Å²) in [5, 5.41) is 2.77. The Balaban J connectivity index is 1.30. The van der Waals surface area contributed by atoms with Gasteiger partial charge in [-0.05, 0) is 62.4 Å². The van der Waals surface area contributed by atoms with E-state index in [0.29, 0.717) is 34.0 Å². The van der Waals surface area contributed by atoms with Gasteiger partial charge in [0.05, 0.1) is 24.4 Å². The third-order valence-electron chi connectivity index (χ3n) is 7.27. The van der Waals surface area contributed by atoms with Crippen LogP contribution in [-0.4, -0.2) is 72.5 Å². The highest BCUT2D eigenvalue weighted by Gasteiger charge is 2.29. The molecule has 2 amide bonds. The molecule has 4 heterocycles. The standard InChI is InChI=1S/C26H31FN4O3/c1-16-23(14-21-20-13-19(27)3-4-22(20)29-25(21)32)28-17(2)24(16)26(33)31-7-5-18(6-8-31)15-30-9-11-34-12-10-30/h3-4,13-14,18,28H,5-12,15H2,1-2H3,(H,29,32). The van der Waals surface area contributed by atoms with Gasteiger partial charge in [0.15, 0.2) is 0 Å². The minimum absolute atomic E-state index is 0.0306. The highest BCUT2D eigenvalue weighted by Crippen LogP contribution is 2.34. The Bertz CT molecular complexity index is 1140. The summed E-state index contributed by atoms with van der Waals surface area (Å²) >= 11 is 0. The monoisotopic (exact) mass is 466 g/mol. The molecule has 0 atom stereocenters. The molecule has 1 aromatic carbocycles. The predicted molar refractivity (Wildman–Crippen MR) is 129 cm³/mol. The molecule has 3 aliphatic heterocycles. The van der Waals surface area contributed by atoms with Gasteiger partial charge < -0.3 is 19.9 Å². The third kappa shape index (κ3) is 4.40. The van der Waals surface area contributed by atoms with Crippen LogP contribution in [0, 0.1) is 25.6 Å². The van der Waals surface area contributed by atoms with Crippen LogP contribution in [0.15, 0.2) is 18.2 Å². The second-order valence-corrected chi connectivity index (χ2v) is 9.51. The molecule has 0 aliphatic carbocycles. The van der Waals surface area contributed by atoms with Gasteiger partial charge in [0, 0.05) is 55.4 Å². The van der Waals surface area contributed by atoms with Gasteiger partial charge in [-0.1, -0.05) is 0 Å². The number of piperidine rings is 1. The number of hydrogen-bond donors (Lipinski definition) is 2. The summed E-state index contributed by atoms with van der Waals surface area (Å²) in [5.74, 6) is -0.0313. The molecule has 2 aromatic rings. The molecule has 34 heavy (non-hydrogen) atoms. The van der Waals surface area contributed by atoms with Crippen molar-refractivity contribution in [2.45, 2.75) is 26.7 Å². The minimum atomic E-state index is -0.395. The van der Waals surface area contributed by atoms with E-state index in [0.717, 1.165) is 70.0 Å². The van der Waals surface area contributed by atoms with Gasteiger partial charge in [0.25, 0.3) is 11.8 Å². The van der Waals surface area contributed by atoms with Crippen LogP contribution in [0.4, 0.5) is 10.1 Å². The molecule has 0 unspecified atom stereocenters. The van der Waals surface area contributed by atoms with Crippen LogP contribution in [0.1, 0.15) is 45.7 Å². The Morgan fingerprint density at radius 3 is 2.65 bits per heavy atom. The maximum absolute atomic E-state index is 13.8. The lowest BCUT2D eigenvalue weighted by Gasteiger charge is -2.36. The summed E-state index contributed by atoms with van der Waals surface area (Å²) in [4.78, 5) is 33.6. The smallest absolute Gasteiger partial charge is 0.256 e. The van der Waals surface area contributed by atoms with Gasteiger partial charge in [-0.2, -0.15) is 0 Å². The zero-order valence-electron chi connectivity index (χ0n) is 19.7. The molecule has 0 spiro atoms. The number of anilines is 1. The Morgan fingerprint density at radius 2 is 1.91 bits per heavy atom. The molecule has 2 N–H and O–H groups in total. The number of ether oxygens (including phenoxy) is 1. The third-order valence-corrected chi connectivity index (χ3v) is 7.27. The maximum atomic E-state index is 13.8. The molecule has 2 fully saturated rings. The second kappa shape index (κ2) is 9.35. The molecule has 8 heteroatoms. The topological polar surface area (TPSA) is 77.7 Å². The number of carbonyl (C=O) groups is 2. The van der Waals surface area contributed by atoms with Gasteiger partial charge in [-0.25, -0.2) is 4.39 Å². The van der Waals surface area contributed by atoms with Crippen molar-refractivity contribution in [2.75, 3.05) is 51.3 Å². The molecule has 7 nitrogen and oxygen atoms in total.